The van der Waals surface area contributed by atoms with Crippen molar-refractivity contribution in [2.45, 2.75) is 11.0 Å². The lowest BCUT2D eigenvalue weighted by molar-refractivity contribution is -0.384. The van der Waals surface area contributed by atoms with Gasteiger partial charge in [0.25, 0.3) is 5.69 Å². The Bertz CT molecular complexity index is 478. The Labute approximate surface area is 113 Å². The number of rotatable bonds is 5. The highest BCUT2D eigenvalue weighted by Crippen LogP contribution is 2.23. The van der Waals surface area contributed by atoms with Crippen LogP contribution < -0.4 is 0 Å². The van der Waals surface area contributed by atoms with Gasteiger partial charge in [-0.2, -0.15) is 0 Å². The van der Waals surface area contributed by atoms with Crippen LogP contribution in [0, 0.1) is 10.1 Å². The highest BCUT2D eigenvalue weighted by molar-refractivity contribution is 7.94. The summed E-state index contributed by atoms with van der Waals surface area (Å²) in [5.41, 5.74) is 0.0377. The molecule has 1 aromatic carbocycles. The predicted octanol–water partition coefficient (Wildman–Crippen LogP) is 2.07. The smallest absolute Gasteiger partial charge is 0.410 e. The number of cyclic esters (lactones) is 1. The normalized spacial score (nSPS) is 18.5. The van der Waals surface area contributed by atoms with Crippen LogP contribution in [-0.2, 0) is 8.92 Å². The first-order valence-electron chi connectivity index (χ1n) is 5.52. The van der Waals surface area contributed by atoms with Gasteiger partial charge in [0.05, 0.1) is 11.5 Å². The second-order valence-corrected chi connectivity index (χ2v) is 4.88. The van der Waals surface area contributed by atoms with Crippen molar-refractivity contribution in [1.82, 2.24) is 4.90 Å². The lowest BCUT2D eigenvalue weighted by Crippen LogP contribution is -2.21. The summed E-state index contributed by atoms with van der Waals surface area (Å²) in [6, 6.07) is 6.04. The maximum atomic E-state index is 11.1. The average Bonchev–Trinajstić information content (AvgIpc) is 2.69. The molecule has 1 fully saturated rings. The predicted molar refractivity (Wildman–Crippen MR) is 67.8 cm³/mol. The molecule has 1 atom stereocenters. The maximum absolute atomic E-state index is 11.1. The first-order valence-corrected chi connectivity index (χ1v) is 6.26. The van der Waals surface area contributed by atoms with E-state index in [0.29, 0.717) is 6.54 Å². The van der Waals surface area contributed by atoms with E-state index in [2.05, 4.69) is 0 Å². The molecule has 1 aliphatic heterocycles. The molecule has 0 spiro atoms. The number of nitro benzene ring substituents is 1. The van der Waals surface area contributed by atoms with E-state index in [9.17, 15) is 14.9 Å². The van der Waals surface area contributed by atoms with Gasteiger partial charge in [0.15, 0.2) is 0 Å². The van der Waals surface area contributed by atoms with E-state index in [1.807, 2.05) is 0 Å². The van der Waals surface area contributed by atoms with E-state index >= 15 is 0 Å². The summed E-state index contributed by atoms with van der Waals surface area (Å²) in [6.45, 7) is 0.775. The Morgan fingerprint density at radius 2 is 2.21 bits per heavy atom. The van der Waals surface area contributed by atoms with Gasteiger partial charge in [-0.1, -0.05) is 0 Å². The summed E-state index contributed by atoms with van der Waals surface area (Å²) in [6.07, 6.45) is -0.628. The van der Waals surface area contributed by atoms with Gasteiger partial charge in [-0.05, 0) is 12.1 Å². The molecule has 0 radical (unpaired) electrons. The van der Waals surface area contributed by atoms with E-state index in [-0.39, 0.29) is 24.5 Å². The SMILES string of the molecule is CN1C[C@@H](COSc2ccc([N+](=O)[O-])cc2)OC1=O. The minimum Gasteiger partial charge on any atom is -0.442 e. The van der Waals surface area contributed by atoms with Crippen molar-refractivity contribution in [3.05, 3.63) is 34.4 Å². The molecule has 1 heterocycles. The summed E-state index contributed by atoms with van der Waals surface area (Å²) in [5, 5.41) is 10.5. The van der Waals surface area contributed by atoms with E-state index in [1.54, 1.807) is 19.2 Å². The molecule has 2 rings (SSSR count). The Balaban J connectivity index is 1.77. The molecule has 1 aromatic rings. The summed E-state index contributed by atoms with van der Waals surface area (Å²) < 4.78 is 10.4. The highest BCUT2D eigenvalue weighted by Gasteiger charge is 2.28. The van der Waals surface area contributed by atoms with Crippen LogP contribution in [0.3, 0.4) is 0 Å². The van der Waals surface area contributed by atoms with Gasteiger partial charge < -0.3 is 13.8 Å². The molecule has 0 aromatic heterocycles. The van der Waals surface area contributed by atoms with Crippen molar-refractivity contribution in [3.8, 4) is 0 Å². The van der Waals surface area contributed by atoms with E-state index in [1.165, 1.54) is 17.0 Å². The van der Waals surface area contributed by atoms with E-state index in [4.69, 9.17) is 8.92 Å². The number of carbonyl (C=O) groups is 1. The number of benzene rings is 1. The van der Waals surface area contributed by atoms with Gasteiger partial charge in [-0.15, -0.1) is 0 Å². The Kier molecular flexibility index (Phi) is 4.23. The minimum absolute atomic E-state index is 0.0377. The molecule has 0 N–H and O–H groups in total. The monoisotopic (exact) mass is 284 g/mol. The number of carbonyl (C=O) groups excluding carboxylic acids is 1. The third kappa shape index (κ3) is 3.58. The zero-order valence-corrected chi connectivity index (χ0v) is 11.0. The Morgan fingerprint density at radius 3 is 2.74 bits per heavy atom. The number of amides is 1. The third-order valence-electron chi connectivity index (χ3n) is 2.51. The molecule has 1 amide bonds. The Morgan fingerprint density at radius 1 is 1.53 bits per heavy atom. The first kappa shape index (κ1) is 13.6. The molecular weight excluding hydrogens is 272 g/mol. The summed E-state index contributed by atoms with van der Waals surface area (Å²) in [7, 11) is 1.66. The molecular formula is C11H12N2O5S. The third-order valence-corrected chi connectivity index (χ3v) is 3.23. The van der Waals surface area contributed by atoms with Gasteiger partial charge in [-0.25, -0.2) is 4.79 Å². The van der Waals surface area contributed by atoms with Crippen LogP contribution in [-0.4, -0.2) is 42.2 Å². The molecule has 8 heteroatoms. The van der Waals surface area contributed by atoms with Gasteiger partial charge in [0, 0.05) is 36.1 Å². The fraction of sp³-hybridized carbons (Fsp3) is 0.364. The van der Waals surface area contributed by atoms with Crippen LogP contribution in [0.25, 0.3) is 0 Å². The van der Waals surface area contributed by atoms with Crippen molar-refractivity contribution < 1.29 is 18.6 Å². The lowest BCUT2D eigenvalue weighted by Gasteiger charge is -2.07. The van der Waals surface area contributed by atoms with Crippen LogP contribution in [0.5, 0.6) is 0 Å². The molecule has 102 valence electrons. The molecule has 0 unspecified atom stereocenters. The van der Waals surface area contributed by atoms with Gasteiger partial charge in [0.2, 0.25) is 0 Å². The molecule has 1 saturated heterocycles. The number of hydrogen-bond acceptors (Lipinski definition) is 6. The molecule has 0 aliphatic carbocycles. The number of likely N-dealkylation sites (N-methyl/N-ethyl adjacent to an activating group) is 1. The number of hydrogen-bond donors (Lipinski definition) is 0. The van der Waals surface area contributed by atoms with Gasteiger partial charge in [0.1, 0.15) is 12.7 Å². The number of nitrogens with zero attached hydrogens (tertiary/aromatic N) is 2. The van der Waals surface area contributed by atoms with Crippen molar-refractivity contribution in [3.63, 3.8) is 0 Å². The number of ether oxygens (including phenoxy) is 1. The highest BCUT2D eigenvalue weighted by atomic mass is 32.2. The van der Waals surface area contributed by atoms with Crippen molar-refractivity contribution in [2.24, 2.45) is 0 Å². The summed E-state index contributed by atoms with van der Waals surface area (Å²) >= 11 is 1.10. The van der Waals surface area contributed by atoms with Crippen LogP contribution >= 0.6 is 12.0 Å². The molecule has 7 nitrogen and oxygen atoms in total. The van der Waals surface area contributed by atoms with E-state index in [0.717, 1.165) is 16.9 Å². The fourth-order valence-electron chi connectivity index (χ4n) is 1.54. The number of nitro groups is 1. The largest absolute Gasteiger partial charge is 0.442 e. The standard InChI is InChI=1S/C11H12N2O5S/c1-12-6-9(18-11(12)14)7-17-19-10-4-2-8(3-5-10)13(15)16/h2-5,9H,6-7H2,1H3/t9-/m0/s1. The zero-order valence-electron chi connectivity index (χ0n) is 10.1. The van der Waals surface area contributed by atoms with Crippen LogP contribution in [0.1, 0.15) is 0 Å². The van der Waals surface area contributed by atoms with Crippen molar-refractivity contribution in [2.75, 3.05) is 20.2 Å². The average molecular weight is 284 g/mol. The maximum Gasteiger partial charge on any atom is 0.410 e. The second kappa shape index (κ2) is 5.89. The molecule has 0 bridgehead atoms. The molecule has 1 aliphatic rings. The van der Waals surface area contributed by atoms with E-state index < -0.39 is 4.92 Å². The second-order valence-electron chi connectivity index (χ2n) is 4.01. The zero-order chi connectivity index (χ0) is 13.8. The van der Waals surface area contributed by atoms with Crippen LogP contribution in [0.4, 0.5) is 10.5 Å². The molecule has 19 heavy (non-hydrogen) atoms. The van der Waals surface area contributed by atoms with Gasteiger partial charge >= 0.3 is 6.09 Å². The summed E-state index contributed by atoms with van der Waals surface area (Å²) in [5.74, 6) is 0. The van der Waals surface area contributed by atoms with Gasteiger partial charge in [-0.3, -0.25) is 10.1 Å². The lowest BCUT2D eigenvalue weighted by atomic mass is 10.3. The topological polar surface area (TPSA) is 81.9 Å². The van der Waals surface area contributed by atoms with Crippen molar-refractivity contribution in [1.29, 1.82) is 0 Å². The number of non-ortho nitro benzene ring substituents is 1. The quantitative estimate of drug-likeness (QED) is 0.467. The van der Waals surface area contributed by atoms with Crippen LogP contribution in [0.2, 0.25) is 0 Å². The molecule has 0 saturated carbocycles. The fourth-order valence-corrected chi connectivity index (χ4v) is 2.14. The summed E-state index contributed by atoms with van der Waals surface area (Å²) in [4.78, 5) is 23.3. The Hall–Kier alpha value is -1.80. The van der Waals surface area contributed by atoms with Crippen LogP contribution in [0.15, 0.2) is 29.2 Å². The first-order chi connectivity index (χ1) is 9.06. The minimum atomic E-state index is -0.455. The van der Waals surface area contributed by atoms with Crippen molar-refractivity contribution >= 4 is 23.8 Å².